The van der Waals surface area contributed by atoms with E-state index in [0.717, 1.165) is 47.9 Å². The third-order valence-corrected chi connectivity index (χ3v) is 4.23. The first-order valence-corrected chi connectivity index (χ1v) is 8.09. The minimum atomic E-state index is 0.131. The Balaban J connectivity index is 2.21. The fourth-order valence-electron chi connectivity index (χ4n) is 2.16. The molecule has 0 amide bonds. The molecule has 0 fully saturated rings. The van der Waals surface area contributed by atoms with Gasteiger partial charge in [0.25, 0.3) is 0 Å². The van der Waals surface area contributed by atoms with Crippen molar-refractivity contribution in [3.05, 3.63) is 27.5 Å². The molecule has 1 N–H and O–H groups in total. The molecule has 110 valence electrons. The SMILES string of the molecule is CCCNC(Cc1c(Cl)c(CC)nn1C)c1csnn1. The van der Waals surface area contributed by atoms with Crippen LogP contribution < -0.4 is 5.32 Å². The highest BCUT2D eigenvalue weighted by Gasteiger charge is 2.20. The lowest BCUT2D eigenvalue weighted by Crippen LogP contribution is -2.25. The molecule has 0 saturated heterocycles. The van der Waals surface area contributed by atoms with Gasteiger partial charge >= 0.3 is 0 Å². The number of hydrogen-bond donors (Lipinski definition) is 1. The standard InChI is InChI=1S/C13H20ClN5S/c1-4-6-15-10(11-8-20-18-16-11)7-12-13(14)9(5-2)17-19(12)3/h8,10,15H,4-7H2,1-3H3. The molecule has 2 rings (SSSR count). The molecule has 0 aliphatic rings. The van der Waals surface area contributed by atoms with Crippen molar-refractivity contribution in [2.75, 3.05) is 6.54 Å². The minimum absolute atomic E-state index is 0.131. The molecule has 20 heavy (non-hydrogen) atoms. The molecule has 0 bridgehead atoms. The van der Waals surface area contributed by atoms with Gasteiger partial charge in [-0.3, -0.25) is 4.68 Å². The van der Waals surface area contributed by atoms with Crippen LogP contribution in [0.3, 0.4) is 0 Å². The largest absolute Gasteiger partial charge is 0.308 e. The maximum atomic E-state index is 6.42. The monoisotopic (exact) mass is 313 g/mol. The van der Waals surface area contributed by atoms with Gasteiger partial charge in [0, 0.05) is 18.8 Å². The average Bonchev–Trinajstić information content (AvgIpc) is 3.05. The van der Waals surface area contributed by atoms with Crippen molar-refractivity contribution in [3.63, 3.8) is 0 Å². The highest BCUT2D eigenvalue weighted by molar-refractivity contribution is 7.03. The lowest BCUT2D eigenvalue weighted by atomic mass is 10.1. The van der Waals surface area contributed by atoms with E-state index >= 15 is 0 Å². The second-order valence-corrected chi connectivity index (χ2v) is 5.71. The summed E-state index contributed by atoms with van der Waals surface area (Å²) in [5, 5.41) is 14.9. The van der Waals surface area contributed by atoms with Crippen LogP contribution in [0.15, 0.2) is 5.38 Å². The summed E-state index contributed by atoms with van der Waals surface area (Å²) in [6.07, 6.45) is 2.69. The number of halogens is 1. The summed E-state index contributed by atoms with van der Waals surface area (Å²) in [6.45, 7) is 5.16. The maximum Gasteiger partial charge on any atom is 0.0928 e. The molecule has 7 heteroatoms. The Morgan fingerprint density at radius 3 is 2.80 bits per heavy atom. The van der Waals surface area contributed by atoms with E-state index in [1.165, 1.54) is 11.5 Å². The van der Waals surface area contributed by atoms with Crippen LogP contribution in [0.2, 0.25) is 5.02 Å². The summed E-state index contributed by atoms with van der Waals surface area (Å²) in [7, 11) is 1.94. The topological polar surface area (TPSA) is 55.6 Å². The zero-order valence-electron chi connectivity index (χ0n) is 12.1. The Morgan fingerprint density at radius 2 is 2.25 bits per heavy atom. The molecule has 2 heterocycles. The molecule has 0 aromatic carbocycles. The zero-order chi connectivity index (χ0) is 14.5. The summed E-state index contributed by atoms with van der Waals surface area (Å²) < 4.78 is 5.83. The van der Waals surface area contributed by atoms with Crippen LogP contribution in [0.4, 0.5) is 0 Å². The molecular weight excluding hydrogens is 294 g/mol. The highest BCUT2D eigenvalue weighted by atomic mass is 35.5. The van der Waals surface area contributed by atoms with Gasteiger partial charge in [-0.2, -0.15) is 5.10 Å². The highest BCUT2D eigenvalue weighted by Crippen LogP contribution is 2.26. The van der Waals surface area contributed by atoms with Crippen LogP contribution >= 0.6 is 23.1 Å². The summed E-state index contributed by atoms with van der Waals surface area (Å²) in [6, 6.07) is 0.131. The summed E-state index contributed by atoms with van der Waals surface area (Å²) in [4.78, 5) is 0. The minimum Gasteiger partial charge on any atom is -0.308 e. The summed E-state index contributed by atoms with van der Waals surface area (Å²) >= 11 is 7.80. The van der Waals surface area contributed by atoms with Crippen LogP contribution in [0.5, 0.6) is 0 Å². The quantitative estimate of drug-likeness (QED) is 0.854. The van der Waals surface area contributed by atoms with Gasteiger partial charge in [0.15, 0.2) is 0 Å². The molecule has 0 aliphatic heterocycles. The third kappa shape index (κ3) is 3.37. The number of rotatable bonds is 7. The van der Waals surface area contributed by atoms with Crippen molar-refractivity contribution in [1.82, 2.24) is 24.7 Å². The van der Waals surface area contributed by atoms with E-state index in [2.05, 4.69) is 33.8 Å². The average molecular weight is 314 g/mol. The molecular formula is C13H20ClN5S. The van der Waals surface area contributed by atoms with Crippen molar-refractivity contribution in [3.8, 4) is 0 Å². The fraction of sp³-hybridized carbons (Fsp3) is 0.615. The number of aryl methyl sites for hydroxylation is 2. The lowest BCUT2D eigenvalue weighted by Gasteiger charge is -2.16. The Hall–Kier alpha value is -0.980. The van der Waals surface area contributed by atoms with Crippen molar-refractivity contribution in [2.24, 2.45) is 7.05 Å². The lowest BCUT2D eigenvalue weighted by molar-refractivity contribution is 0.501. The van der Waals surface area contributed by atoms with E-state index in [1.807, 2.05) is 17.1 Å². The van der Waals surface area contributed by atoms with Crippen LogP contribution in [0.1, 0.15) is 43.4 Å². The van der Waals surface area contributed by atoms with Gasteiger partial charge in [-0.1, -0.05) is 29.9 Å². The Labute approximate surface area is 128 Å². The van der Waals surface area contributed by atoms with Crippen LogP contribution in [0.25, 0.3) is 0 Å². The third-order valence-electron chi connectivity index (χ3n) is 3.28. The van der Waals surface area contributed by atoms with E-state index in [4.69, 9.17) is 11.6 Å². The van der Waals surface area contributed by atoms with Crippen molar-refractivity contribution < 1.29 is 0 Å². The number of nitrogens with zero attached hydrogens (tertiary/aromatic N) is 4. The molecule has 0 aliphatic carbocycles. The molecule has 0 radical (unpaired) electrons. The van der Waals surface area contributed by atoms with E-state index in [-0.39, 0.29) is 6.04 Å². The second-order valence-electron chi connectivity index (χ2n) is 4.73. The number of aromatic nitrogens is 4. The Kier molecular flexibility index (Phi) is 5.51. The second kappa shape index (κ2) is 7.15. The van der Waals surface area contributed by atoms with Crippen LogP contribution in [0, 0.1) is 0 Å². The van der Waals surface area contributed by atoms with Gasteiger partial charge in [-0.05, 0) is 30.9 Å². The van der Waals surface area contributed by atoms with Crippen molar-refractivity contribution in [2.45, 2.75) is 39.2 Å². The molecule has 2 aromatic rings. The fourth-order valence-corrected chi connectivity index (χ4v) is 3.04. The maximum absolute atomic E-state index is 6.42. The van der Waals surface area contributed by atoms with Gasteiger partial charge < -0.3 is 5.32 Å². The van der Waals surface area contributed by atoms with E-state index in [1.54, 1.807) is 0 Å². The predicted octanol–water partition coefficient (Wildman–Crippen LogP) is 2.77. The first kappa shape index (κ1) is 15.4. The zero-order valence-corrected chi connectivity index (χ0v) is 13.6. The van der Waals surface area contributed by atoms with Crippen LogP contribution in [-0.4, -0.2) is 25.9 Å². The summed E-state index contributed by atoms with van der Waals surface area (Å²) in [5.74, 6) is 0. The molecule has 5 nitrogen and oxygen atoms in total. The first-order chi connectivity index (χ1) is 9.67. The number of nitrogens with one attached hydrogen (secondary N) is 1. The van der Waals surface area contributed by atoms with Crippen molar-refractivity contribution >= 4 is 23.1 Å². The van der Waals surface area contributed by atoms with Gasteiger partial charge in [0.2, 0.25) is 0 Å². The normalized spacial score (nSPS) is 12.8. The molecule has 1 unspecified atom stereocenters. The Bertz CT molecular complexity index is 537. The molecule has 0 saturated carbocycles. The predicted molar refractivity (Wildman–Crippen MR) is 82.2 cm³/mol. The van der Waals surface area contributed by atoms with E-state index in [0.29, 0.717) is 0 Å². The smallest absolute Gasteiger partial charge is 0.0928 e. The van der Waals surface area contributed by atoms with Crippen molar-refractivity contribution in [1.29, 1.82) is 0 Å². The Morgan fingerprint density at radius 1 is 1.45 bits per heavy atom. The van der Waals surface area contributed by atoms with Crippen LogP contribution in [-0.2, 0) is 19.9 Å². The van der Waals surface area contributed by atoms with E-state index in [9.17, 15) is 0 Å². The molecule has 2 aromatic heterocycles. The van der Waals surface area contributed by atoms with Gasteiger partial charge in [0.05, 0.1) is 28.1 Å². The molecule has 0 spiro atoms. The summed E-state index contributed by atoms with van der Waals surface area (Å²) in [5.41, 5.74) is 2.97. The van der Waals surface area contributed by atoms with Gasteiger partial charge in [-0.25, -0.2) is 0 Å². The van der Waals surface area contributed by atoms with Gasteiger partial charge in [0.1, 0.15) is 0 Å². The first-order valence-electron chi connectivity index (χ1n) is 6.87. The van der Waals surface area contributed by atoms with E-state index < -0.39 is 0 Å². The molecule has 1 atom stereocenters. The number of hydrogen-bond acceptors (Lipinski definition) is 5. The van der Waals surface area contributed by atoms with Gasteiger partial charge in [-0.15, -0.1) is 5.10 Å².